The van der Waals surface area contributed by atoms with Gasteiger partial charge in [-0.05, 0) is 39.8 Å². The summed E-state index contributed by atoms with van der Waals surface area (Å²) in [5.74, 6) is 0.174. The lowest BCUT2D eigenvalue weighted by molar-refractivity contribution is -0.225. The van der Waals surface area contributed by atoms with E-state index >= 15 is 0 Å². The van der Waals surface area contributed by atoms with Crippen LogP contribution >= 0.6 is 0 Å². The van der Waals surface area contributed by atoms with Gasteiger partial charge < -0.3 is 20.7 Å². The molecular weight excluding hydrogens is 290 g/mol. The van der Waals surface area contributed by atoms with Gasteiger partial charge in [-0.1, -0.05) is 26.7 Å². The lowest BCUT2D eigenvalue weighted by atomic mass is 9.46. The Hall–Kier alpha value is -0.650. The smallest absolute Gasteiger partial charge is 0.241 e. The van der Waals surface area contributed by atoms with Crippen LogP contribution in [0.15, 0.2) is 0 Å². The number of nitrogens with zero attached hydrogens (tertiary/aromatic N) is 1. The summed E-state index contributed by atoms with van der Waals surface area (Å²) in [7, 11) is 4.24. The van der Waals surface area contributed by atoms with E-state index in [1.54, 1.807) is 0 Å². The maximum atomic E-state index is 13.0. The van der Waals surface area contributed by atoms with E-state index in [0.29, 0.717) is 6.54 Å². The van der Waals surface area contributed by atoms with Gasteiger partial charge in [0.15, 0.2) is 0 Å². The van der Waals surface area contributed by atoms with E-state index in [1.165, 1.54) is 12.8 Å². The molecule has 0 aromatic rings. The van der Waals surface area contributed by atoms with Gasteiger partial charge in [-0.25, -0.2) is 0 Å². The van der Waals surface area contributed by atoms with Crippen molar-refractivity contribution in [2.24, 2.45) is 17.1 Å². The molecule has 0 bridgehead atoms. The number of ether oxygens (including phenoxy) is 1. The van der Waals surface area contributed by atoms with Crippen LogP contribution in [0.1, 0.15) is 52.4 Å². The summed E-state index contributed by atoms with van der Waals surface area (Å²) in [5.41, 5.74) is 5.67. The molecule has 0 spiro atoms. The Morgan fingerprint density at radius 2 is 1.91 bits per heavy atom. The molecular formula is C18H33N3O2. The van der Waals surface area contributed by atoms with Gasteiger partial charge in [0.2, 0.25) is 5.91 Å². The fourth-order valence-corrected chi connectivity index (χ4v) is 5.24. The molecule has 1 heterocycles. The summed E-state index contributed by atoms with van der Waals surface area (Å²) in [4.78, 5) is 15.3. The van der Waals surface area contributed by atoms with Gasteiger partial charge in [-0.3, -0.25) is 4.79 Å². The first-order valence-corrected chi connectivity index (χ1v) is 9.12. The van der Waals surface area contributed by atoms with E-state index in [-0.39, 0.29) is 28.9 Å². The molecule has 3 fully saturated rings. The molecule has 132 valence electrons. The molecule has 5 heteroatoms. The number of rotatable bonds is 4. The van der Waals surface area contributed by atoms with Crippen LogP contribution < -0.4 is 11.1 Å². The number of nitrogens with two attached hydrogens (primary N) is 1. The Labute approximate surface area is 140 Å². The Balaban J connectivity index is 1.70. The van der Waals surface area contributed by atoms with Crippen molar-refractivity contribution in [3.8, 4) is 0 Å². The highest BCUT2D eigenvalue weighted by molar-refractivity contribution is 5.89. The number of likely N-dealkylation sites (N-methyl/N-ethyl adjacent to an activating group) is 1. The number of hydrogen-bond acceptors (Lipinski definition) is 4. The fourth-order valence-electron chi connectivity index (χ4n) is 5.24. The lowest BCUT2D eigenvalue weighted by Gasteiger charge is -2.65. The topological polar surface area (TPSA) is 67.6 Å². The van der Waals surface area contributed by atoms with Crippen molar-refractivity contribution in [3.63, 3.8) is 0 Å². The molecule has 23 heavy (non-hydrogen) atoms. The predicted octanol–water partition coefficient (Wildman–Crippen LogP) is 1.51. The maximum Gasteiger partial charge on any atom is 0.241 e. The third-order valence-electron chi connectivity index (χ3n) is 7.12. The molecule has 1 amide bonds. The average Bonchev–Trinajstić information content (AvgIpc) is 3.02. The summed E-state index contributed by atoms with van der Waals surface area (Å²) in [6.07, 6.45) is 6.91. The van der Waals surface area contributed by atoms with E-state index in [2.05, 4.69) is 38.2 Å². The first-order valence-electron chi connectivity index (χ1n) is 9.12. The first-order chi connectivity index (χ1) is 10.8. The molecule has 3 aliphatic rings. The SMILES string of the molecule is CN(C)C1(CNC(=O)C2(N)C3CCCOC3C2(C)C)CCCC1. The van der Waals surface area contributed by atoms with Gasteiger partial charge in [0.1, 0.15) is 5.54 Å². The third-order valence-corrected chi connectivity index (χ3v) is 7.12. The summed E-state index contributed by atoms with van der Waals surface area (Å²) in [6.45, 7) is 5.66. The normalized spacial score (nSPS) is 38.0. The van der Waals surface area contributed by atoms with Crippen molar-refractivity contribution in [1.82, 2.24) is 10.2 Å². The molecule has 3 atom stereocenters. The van der Waals surface area contributed by atoms with Crippen LogP contribution in [0.5, 0.6) is 0 Å². The standard InChI is InChI=1S/C18H33N3O2/c1-16(2)14-13(8-7-11-23-14)18(16,19)15(22)20-12-17(21(3)4)9-5-6-10-17/h13-14H,5-12,19H2,1-4H3,(H,20,22). The highest BCUT2D eigenvalue weighted by Crippen LogP contribution is 2.57. The second-order valence-electron chi connectivity index (χ2n) is 8.64. The van der Waals surface area contributed by atoms with Crippen LogP contribution in [0.25, 0.3) is 0 Å². The van der Waals surface area contributed by atoms with Crippen LogP contribution in [0.4, 0.5) is 0 Å². The number of nitrogens with one attached hydrogen (secondary N) is 1. The Morgan fingerprint density at radius 3 is 2.52 bits per heavy atom. The molecule has 2 saturated carbocycles. The minimum absolute atomic E-state index is 0.0161. The second-order valence-corrected chi connectivity index (χ2v) is 8.64. The summed E-state index contributed by atoms with van der Waals surface area (Å²) in [5, 5.41) is 3.22. The highest BCUT2D eigenvalue weighted by atomic mass is 16.5. The van der Waals surface area contributed by atoms with Crippen LogP contribution in [-0.4, -0.2) is 55.2 Å². The molecule has 2 aliphatic carbocycles. The quantitative estimate of drug-likeness (QED) is 0.823. The first kappa shape index (κ1) is 17.2. The zero-order valence-electron chi connectivity index (χ0n) is 15.2. The Kier molecular flexibility index (Phi) is 4.27. The van der Waals surface area contributed by atoms with Crippen LogP contribution in [0.3, 0.4) is 0 Å². The fraction of sp³-hybridized carbons (Fsp3) is 0.944. The van der Waals surface area contributed by atoms with Crippen molar-refractivity contribution in [3.05, 3.63) is 0 Å². The van der Waals surface area contributed by atoms with Gasteiger partial charge in [-0.2, -0.15) is 0 Å². The van der Waals surface area contributed by atoms with Crippen molar-refractivity contribution in [2.45, 2.75) is 69.6 Å². The van der Waals surface area contributed by atoms with E-state index in [0.717, 1.165) is 32.3 Å². The van der Waals surface area contributed by atoms with Gasteiger partial charge in [0.25, 0.3) is 0 Å². The second kappa shape index (κ2) is 5.71. The zero-order valence-corrected chi connectivity index (χ0v) is 15.2. The van der Waals surface area contributed by atoms with E-state index < -0.39 is 5.54 Å². The Bertz CT molecular complexity index is 471. The summed E-state index contributed by atoms with van der Waals surface area (Å²) >= 11 is 0. The molecule has 3 rings (SSSR count). The van der Waals surface area contributed by atoms with E-state index in [4.69, 9.17) is 10.5 Å². The number of carbonyl (C=O) groups excluding carboxylic acids is 1. The van der Waals surface area contributed by atoms with E-state index in [1.807, 2.05) is 0 Å². The molecule has 5 nitrogen and oxygen atoms in total. The van der Waals surface area contributed by atoms with Gasteiger partial charge in [-0.15, -0.1) is 0 Å². The summed E-state index contributed by atoms with van der Waals surface area (Å²) < 4.78 is 5.91. The predicted molar refractivity (Wildman–Crippen MR) is 91.1 cm³/mol. The van der Waals surface area contributed by atoms with Crippen molar-refractivity contribution in [2.75, 3.05) is 27.2 Å². The molecule has 3 unspecified atom stereocenters. The minimum atomic E-state index is -0.801. The number of fused-ring (bicyclic) bond motifs is 1. The van der Waals surface area contributed by atoms with Crippen LogP contribution in [-0.2, 0) is 9.53 Å². The van der Waals surface area contributed by atoms with Crippen molar-refractivity contribution in [1.29, 1.82) is 0 Å². The molecule has 0 radical (unpaired) electrons. The van der Waals surface area contributed by atoms with Crippen LogP contribution in [0.2, 0.25) is 0 Å². The highest BCUT2D eigenvalue weighted by Gasteiger charge is 2.70. The van der Waals surface area contributed by atoms with Gasteiger partial charge >= 0.3 is 0 Å². The van der Waals surface area contributed by atoms with Crippen LogP contribution in [0, 0.1) is 11.3 Å². The lowest BCUT2D eigenvalue weighted by Crippen LogP contribution is -2.82. The zero-order chi connectivity index (χ0) is 16.9. The monoisotopic (exact) mass is 323 g/mol. The largest absolute Gasteiger partial charge is 0.377 e. The third kappa shape index (κ3) is 2.35. The van der Waals surface area contributed by atoms with Crippen molar-refractivity contribution < 1.29 is 9.53 Å². The molecule has 1 aliphatic heterocycles. The molecule has 3 N–H and O–H groups in total. The minimum Gasteiger partial charge on any atom is -0.377 e. The van der Waals surface area contributed by atoms with Gasteiger partial charge in [0.05, 0.1) is 6.10 Å². The molecule has 0 aromatic carbocycles. The number of hydrogen-bond donors (Lipinski definition) is 2. The molecule has 0 aromatic heterocycles. The molecule has 1 saturated heterocycles. The number of carbonyl (C=O) groups is 1. The Morgan fingerprint density at radius 1 is 1.26 bits per heavy atom. The van der Waals surface area contributed by atoms with E-state index in [9.17, 15) is 4.79 Å². The van der Waals surface area contributed by atoms with Gasteiger partial charge in [0, 0.05) is 30.0 Å². The van der Waals surface area contributed by atoms with Crippen molar-refractivity contribution >= 4 is 5.91 Å². The summed E-state index contributed by atoms with van der Waals surface area (Å²) in [6, 6.07) is 0. The number of amides is 1. The average molecular weight is 323 g/mol. The maximum absolute atomic E-state index is 13.0.